The number of aliphatic hydroxyl groups excluding tert-OH is 1. The Morgan fingerprint density at radius 2 is 1.94 bits per heavy atom. The summed E-state index contributed by atoms with van der Waals surface area (Å²) in [4.78, 5) is 2.98. The molecule has 1 rings (SSSR count). The summed E-state index contributed by atoms with van der Waals surface area (Å²) in [5, 5.41) is 17.7. The van der Waals surface area contributed by atoms with Crippen molar-refractivity contribution in [3.63, 3.8) is 0 Å². The summed E-state index contributed by atoms with van der Waals surface area (Å²) < 4.78 is 63.5. The van der Waals surface area contributed by atoms with Gasteiger partial charge in [-0.1, -0.05) is 0 Å². The van der Waals surface area contributed by atoms with Gasteiger partial charge in [0.2, 0.25) is 0 Å². The van der Waals surface area contributed by atoms with E-state index in [0.29, 0.717) is 6.07 Å². The molecule has 1 aromatic rings. The zero-order chi connectivity index (χ0) is 13.2. The van der Waals surface area contributed by atoms with E-state index >= 15 is 0 Å². The second-order valence-electron chi connectivity index (χ2n) is 2.86. The van der Waals surface area contributed by atoms with Gasteiger partial charge < -0.3 is 14.9 Å². The Hall–Kier alpha value is -1.64. The zero-order valence-electron chi connectivity index (χ0n) is 8.00. The predicted octanol–water partition coefficient (Wildman–Crippen LogP) is 2.12. The average molecular weight is 259 g/mol. The number of halogens is 5. The SMILES string of the molecule is OCc1nc(OC(F)(F)F)c(O)cc1C(F)F. The highest BCUT2D eigenvalue weighted by atomic mass is 19.4. The number of hydrogen-bond donors (Lipinski definition) is 2. The zero-order valence-corrected chi connectivity index (χ0v) is 8.00. The number of aromatic nitrogens is 1. The lowest BCUT2D eigenvalue weighted by atomic mass is 10.2. The normalized spacial score (nSPS) is 11.9. The van der Waals surface area contributed by atoms with Gasteiger partial charge >= 0.3 is 6.36 Å². The van der Waals surface area contributed by atoms with Crippen LogP contribution in [0.15, 0.2) is 6.07 Å². The summed E-state index contributed by atoms with van der Waals surface area (Å²) in [5.74, 6) is -2.47. The highest BCUT2D eigenvalue weighted by molar-refractivity contribution is 5.39. The first-order chi connectivity index (χ1) is 7.74. The van der Waals surface area contributed by atoms with E-state index in [-0.39, 0.29) is 0 Å². The Balaban J connectivity index is 3.18. The number of hydrogen-bond acceptors (Lipinski definition) is 4. The van der Waals surface area contributed by atoms with Gasteiger partial charge in [-0.25, -0.2) is 13.8 Å². The molecule has 0 spiro atoms. The van der Waals surface area contributed by atoms with Gasteiger partial charge in [0.05, 0.1) is 12.3 Å². The molecule has 0 aromatic carbocycles. The number of rotatable bonds is 3. The summed E-state index contributed by atoms with van der Waals surface area (Å²) in [6, 6.07) is 0.365. The van der Waals surface area contributed by atoms with Crippen molar-refractivity contribution in [1.82, 2.24) is 4.98 Å². The Kier molecular flexibility index (Phi) is 3.71. The van der Waals surface area contributed by atoms with Crippen LogP contribution in [0.2, 0.25) is 0 Å². The maximum Gasteiger partial charge on any atom is 0.574 e. The van der Waals surface area contributed by atoms with Crippen LogP contribution in [0.5, 0.6) is 11.6 Å². The second kappa shape index (κ2) is 4.70. The first kappa shape index (κ1) is 13.4. The van der Waals surface area contributed by atoms with Crippen LogP contribution in [0.3, 0.4) is 0 Å². The van der Waals surface area contributed by atoms with E-state index in [1.54, 1.807) is 0 Å². The van der Waals surface area contributed by atoms with Gasteiger partial charge in [0.25, 0.3) is 12.3 Å². The third kappa shape index (κ3) is 3.41. The molecule has 17 heavy (non-hydrogen) atoms. The van der Waals surface area contributed by atoms with E-state index in [2.05, 4.69) is 9.72 Å². The topological polar surface area (TPSA) is 62.6 Å². The van der Waals surface area contributed by atoms with E-state index in [1.807, 2.05) is 0 Å². The Morgan fingerprint density at radius 1 is 1.35 bits per heavy atom. The first-order valence-electron chi connectivity index (χ1n) is 4.12. The number of ether oxygens (including phenoxy) is 1. The Bertz CT molecular complexity index is 407. The fraction of sp³-hybridized carbons (Fsp3) is 0.375. The van der Waals surface area contributed by atoms with Crippen molar-refractivity contribution < 1.29 is 36.9 Å². The van der Waals surface area contributed by atoms with Gasteiger partial charge in [0.1, 0.15) is 0 Å². The van der Waals surface area contributed by atoms with Crippen molar-refractivity contribution in [3.05, 3.63) is 17.3 Å². The highest BCUT2D eigenvalue weighted by Crippen LogP contribution is 2.34. The van der Waals surface area contributed by atoms with Crippen LogP contribution in [0.4, 0.5) is 22.0 Å². The number of aromatic hydroxyl groups is 1. The highest BCUT2D eigenvalue weighted by Gasteiger charge is 2.34. The monoisotopic (exact) mass is 259 g/mol. The van der Waals surface area contributed by atoms with Gasteiger partial charge in [0, 0.05) is 5.56 Å². The molecule has 0 bridgehead atoms. The summed E-state index contributed by atoms with van der Waals surface area (Å²) >= 11 is 0. The van der Waals surface area contributed by atoms with Crippen LogP contribution >= 0.6 is 0 Å². The quantitative estimate of drug-likeness (QED) is 0.816. The number of pyridine rings is 1. The third-order valence-electron chi connectivity index (χ3n) is 1.68. The fourth-order valence-electron chi connectivity index (χ4n) is 1.04. The van der Waals surface area contributed by atoms with Crippen molar-refractivity contribution in [1.29, 1.82) is 0 Å². The molecule has 0 saturated heterocycles. The Labute approximate surface area is 91.3 Å². The smallest absolute Gasteiger partial charge is 0.503 e. The fourth-order valence-corrected chi connectivity index (χ4v) is 1.04. The molecule has 1 aromatic heterocycles. The molecule has 0 aliphatic rings. The van der Waals surface area contributed by atoms with Crippen LogP contribution in [0, 0.1) is 0 Å². The minimum Gasteiger partial charge on any atom is -0.503 e. The third-order valence-corrected chi connectivity index (χ3v) is 1.68. The van der Waals surface area contributed by atoms with E-state index in [1.165, 1.54) is 0 Å². The van der Waals surface area contributed by atoms with Gasteiger partial charge in [-0.2, -0.15) is 0 Å². The van der Waals surface area contributed by atoms with Crippen LogP contribution in [-0.2, 0) is 6.61 Å². The molecule has 96 valence electrons. The maximum atomic E-state index is 12.3. The Morgan fingerprint density at radius 3 is 2.35 bits per heavy atom. The van der Waals surface area contributed by atoms with Crippen molar-refractivity contribution in [2.75, 3.05) is 0 Å². The molecule has 4 nitrogen and oxygen atoms in total. The van der Waals surface area contributed by atoms with E-state index in [9.17, 15) is 22.0 Å². The van der Waals surface area contributed by atoms with E-state index < -0.39 is 42.3 Å². The van der Waals surface area contributed by atoms with Gasteiger partial charge in [-0.15, -0.1) is 13.2 Å². The van der Waals surface area contributed by atoms with Crippen LogP contribution < -0.4 is 4.74 Å². The van der Waals surface area contributed by atoms with Crippen LogP contribution in [-0.4, -0.2) is 21.6 Å². The van der Waals surface area contributed by atoms with Crippen molar-refractivity contribution >= 4 is 0 Å². The molecular weight excluding hydrogens is 253 g/mol. The second-order valence-corrected chi connectivity index (χ2v) is 2.86. The molecule has 2 N–H and O–H groups in total. The predicted molar refractivity (Wildman–Crippen MR) is 43.5 cm³/mol. The van der Waals surface area contributed by atoms with Crippen LogP contribution in [0.1, 0.15) is 17.7 Å². The van der Waals surface area contributed by atoms with Crippen molar-refractivity contribution in [2.45, 2.75) is 19.4 Å². The van der Waals surface area contributed by atoms with Gasteiger partial charge in [-0.3, -0.25) is 0 Å². The van der Waals surface area contributed by atoms with E-state index in [0.717, 1.165) is 0 Å². The molecule has 0 saturated carbocycles. The standard InChI is InChI=1S/C8H6F5NO3/c9-6(10)3-1-5(16)7(14-4(3)2-15)17-8(11,12)13/h1,6,15-16H,2H2. The summed E-state index contributed by atoms with van der Waals surface area (Å²) in [5.41, 5.74) is -1.56. The lowest BCUT2D eigenvalue weighted by Crippen LogP contribution is -2.18. The lowest BCUT2D eigenvalue weighted by Gasteiger charge is -2.12. The molecule has 0 amide bonds. The number of nitrogens with zero attached hydrogens (tertiary/aromatic N) is 1. The van der Waals surface area contributed by atoms with Gasteiger partial charge in [0.15, 0.2) is 5.75 Å². The largest absolute Gasteiger partial charge is 0.574 e. The number of alkyl halides is 5. The van der Waals surface area contributed by atoms with E-state index in [4.69, 9.17) is 10.2 Å². The molecule has 0 radical (unpaired) electrons. The molecule has 0 aliphatic carbocycles. The molecule has 1 heterocycles. The molecule has 0 fully saturated rings. The maximum absolute atomic E-state index is 12.3. The molecule has 0 aliphatic heterocycles. The lowest BCUT2D eigenvalue weighted by molar-refractivity contribution is -0.276. The van der Waals surface area contributed by atoms with Crippen LogP contribution in [0.25, 0.3) is 0 Å². The number of aliphatic hydroxyl groups is 1. The minimum absolute atomic E-state index is 0.365. The van der Waals surface area contributed by atoms with Crippen molar-refractivity contribution in [3.8, 4) is 11.6 Å². The minimum atomic E-state index is -5.12. The van der Waals surface area contributed by atoms with Gasteiger partial charge in [-0.05, 0) is 6.07 Å². The molecule has 0 unspecified atom stereocenters. The molecule has 9 heteroatoms. The molecule has 0 atom stereocenters. The summed E-state index contributed by atoms with van der Waals surface area (Å²) in [6.07, 6.45) is -8.21. The molecular formula is C8H6F5NO3. The first-order valence-corrected chi connectivity index (χ1v) is 4.12. The van der Waals surface area contributed by atoms with Crippen molar-refractivity contribution in [2.24, 2.45) is 0 Å². The summed E-state index contributed by atoms with van der Waals surface area (Å²) in [6.45, 7) is -1.01. The summed E-state index contributed by atoms with van der Waals surface area (Å²) in [7, 11) is 0. The average Bonchev–Trinajstić information content (AvgIpc) is 2.18.